The van der Waals surface area contributed by atoms with E-state index in [-0.39, 0.29) is 11.5 Å². The number of piperidine rings is 1. The Bertz CT molecular complexity index is 565. The number of rotatable bonds is 4. The highest BCUT2D eigenvalue weighted by atomic mass is 16.6. The number of hydrogen-bond donors (Lipinski definition) is 1. The van der Waals surface area contributed by atoms with Crippen LogP contribution in [0.5, 0.6) is 0 Å². The summed E-state index contributed by atoms with van der Waals surface area (Å²) in [5, 5.41) is 14.9. The second-order valence-electron chi connectivity index (χ2n) is 4.96. The van der Waals surface area contributed by atoms with Crippen molar-refractivity contribution < 1.29 is 9.72 Å². The summed E-state index contributed by atoms with van der Waals surface area (Å²) >= 11 is 0. The molecular formula is C14H18N4O3. The van der Waals surface area contributed by atoms with Crippen molar-refractivity contribution in [3.05, 3.63) is 34.4 Å². The van der Waals surface area contributed by atoms with Crippen molar-refractivity contribution in [3.8, 4) is 0 Å². The van der Waals surface area contributed by atoms with Gasteiger partial charge in [0, 0.05) is 32.1 Å². The largest absolute Gasteiger partial charge is 0.352 e. The summed E-state index contributed by atoms with van der Waals surface area (Å²) in [5.74, 6) is 0.260. The number of carbonyl (C=O) groups is 1. The van der Waals surface area contributed by atoms with Crippen LogP contribution in [0.2, 0.25) is 0 Å². The molecule has 0 saturated carbocycles. The van der Waals surface area contributed by atoms with E-state index in [9.17, 15) is 14.9 Å². The lowest BCUT2D eigenvalue weighted by molar-refractivity contribution is -0.384. The Morgan fingerprint density at radius 1 is 1.33 bits per heavy atom. The third-order valence-electron chi connectivity index (χ3n) is 3.32. The van der Waals surface area contributed by atoms with Gasteiger partial charge in [0.15, 0.2) is 11.6 Å². The van der Waals surface area contributed by atoms with Gasteiger partial charge < -0.3 is 4.90 Å². The summed E-state index contributed by atoms with van der Waals surface area (Å²) < 4.78 is 0. The van der Waals surface area contributed by atoms with Gasteiger partial charge in [-0.1, -0.05) is 6.07 Å². The van der Waals surface area contributed by atoms with E-state index in [0.717, 1.165) is 25.9 Å². The predicted octanol–water partition coefficient (Wildman–Crippen LogP) is 2.40. The van der Waals surface area contributed by atoms with E-state index in [2.05, 4.69) is 10.5 Å². The van der Waals surface area contributed by atoms with E-state index < -0.39 is 4.92 Å². The fraction of sp³-hybridized carbons (Fsp3) is 0.429. The molecule has 0 amide bonds. The van der Waals surface area contributed by atoms with E-state index in [1.807, 2.05) is 4.90 Å². The SMILES string of the molecule is CC(=O)/C(=N/Nc1cccc([N+](=O)[O-])c1)N1CCCCC1. The summed E-state index contributed by atoms with van der Waals surface area (Å²) in [6.45, 7) is 3.10. The molecule has 7 nitrogen and oxygen atoms in total. The molecule has 1 aliphatic rings. The number of nitro benzene ring substituents is 1. The highest BCUT2D eigenvalue weighted by molar-refractivity contribution is 6.37. The van der Waals surface area contributed by atoms with Gasteiger partial charge in [0.05, 0.1) is 10.6 Å². The first-order chi connectivity index (χ1) is 10.1. The molecule has 1 aromatic carbocycles. The fourth-order valence-corrected chi connectivity index (χ4v) is 2.28. The number of Topliss-reactive ketones (excluding diaryl/α,β-unsaturated/α-hetero) is 1. The van der Waals surface area contributed by atoms with Gasteiger partial charge in [-0.2, -0.15) is 5.10 Å². The average Bonchev–Trinajstić information content (AvgIpc) is 2.48. The van der Waals surface area contributed by atoms with Crippen LogP contribution in [0.15, 0.2) is 29.4 Å². The van der Waals surface area contributed by atoms with Crippen molar-refractivity contribution in [3.63, 3.8) is 0 Å². The third kappa shape index (κ3) is 4.01. The number of anilines is 1. The van der Waals surface area contributed by atoms with Gasteiger partial charge in [-0.25, -0.2) is 0 Å². The standard InChI is InChI=1S/C14H18N4O3/c1-11(19)14(17-8-3-2-4-9-17)16-15-12-6-5-7-13(10-12)18(20)21/h5-7,10,15H,2-4,8-9H2,1H3/b16-14-. The average molecular weight is 290 g/mol. The minimum absolute atomic E-state index is 0.0162. The van der Waals surface area contributed by atoms with Crippen LogP contribution in [0.25, 0.3) is 0 Å². The summed E-state index contributed by atoms with van der Waals surface area (Å²) in [7, 11) is 0. The predicted molar refractivity (Wildman–Crippen MR) is 80.3 cm³/mol. The van der Waals surface area contributed by atoms with E-state index >= 15 is 0 Å². The van der Waals surface area contributed by atoms with Crippen LogP contribution in [0.4, 0.5) is 11.4 Å². The molecule has 1 saturated heterocycles. The number of nitrogens with zero attached hydrogens (tertiary/aromatic N) is 3. The van der Waals surface area contributed by atoms with Crippen molar-refractivity contribution in [1.82, 2.24) is 4.90 Å². The topological polar surface area (TPSA) is 87.8 Å². The van der Waals surface area contributed by atoms with Gasteiger partial charge in [-0.15, -0.1) is 0 Å². The molecule has 0 aromatic heterocycles. The van der Waals surface area contributed by atoms with Gasteiger partial charge in [-0.05, 0) is 25.3 Å². The number of nitrogens with one attached hydrogen (secondary N) is 1. The number of ketones is 1. The van der Waals surface area contributed by atoms with Crippen molar-refractivity contribution in [1.29, 1.82) is 0 Å². The van der Waals surface area contributed by atoms with E-state index in [1.165, 1.54) is 25.5 Å². The zero-order valence-electron chi connectivity index (χ0n) is 11.9. The molecule has 1 aliphatic heterocycles. The summed E-state index contributed by atoms with van der Waals surface area (Å²) in [6, 6.07) is 6.04. The molecule has 1 heterocycles. The highest BCUT2D eigenvalue weighted by Crippen LogP contribution is 2.17. The van der Waals surface area contributed by atoms with Crippen molar-refractivity contribution in [2.24, 2.45) is 5.10 Å². The number of hydrogen-bond acceptors (Lipinski definition) is 5. The number of hydrazone groups is 1. The Balaban J connectivity index is 2.14. The monoisotopic (exact) mass is 290 g/mol. The molecular weight excluding hydrogens is 272 g/mol. The molecule has 1 aromatic rings. The first-order valence-corrected chi connectivity index (χ1v) is 6.92. The first-order valence-electron chi connectivity index (χ1n) is 6.92. The molecule has 0 bridgehead atoms. The summed E-state index contributed by atoms with van der Waals surface area (Å²) in [5.41, 5.74) is 3.21. The van der Waals surface area contributed by atoms with Crippen LogP contribution in [-0.2, 0) is 4.79 Å². The summed E-state index contributed by atoms with van der Waals surface area (Å²) in [6.07, 6.45) is 3.26. The Hall–Kier alpha value is -2.44. The normalized spacial score (nSPS) is 15.7. The Morgan fingerprint density at radius 3 is 2.67 bits per heavy atom. The van der Waals surface area contributed by atoms with E-state index in [1.54, 1.807) is 12.1 Å². The molecule has 112 valence electrons. The van der Waals surface area contributed by atoms with Crippen LogP contribution in [0, 0.1) is 10.1 Å². The quantitative estimate of drug-likeness (QED) is 0.398. The number of non-ortho nitro benzene ring substituents is 1. The molecule has 2 rings (SSSR count). The zero-order chi connectivity index (χ0) is 15.2. The lowest BCUT2D eigenvalue weighted by Crippen LogP contribution is -2.39. The van der Waals surface area contributed by atoms with Gasteiger partial charge in [-0.3, -0.25) is 20.3 Å². The van der Waals surface area contributed by atoms with Crippen LogP contribution in [-0.4, -0.2) is 34.5 Å². The number of likely N-dealkylation sites (tertiary alicyclic amines) is 1. The molecule has 21 heavy (non-hydrogen) atoms. The first kappa shape index (κ1) is 15.0. The maximum Gasteiger partial charge on any atom is 0.271 e. The molecule has 0 unspecified atom stereocenters. The lowest BCUT2D eigenvalue weighted by atomic mass is 10.1. The fourth-order valence-electron chi connectivity index (χ4n) is 2.28. The van der Waals surface area contributed by atoms with Gasteiger partial charge in [0.25, 0.3) is 5.69 Å². The number of amidine groups is 1. The maximum absolute atomic E-state index is 11.7. The van der Waals surface area contributed by atoms with Crippen molar-refractivity contribution >= 4 is 23.0 Å². The smallest absolute Gasteiger partial charge is 0.271 e. The van der Waals surface area contributed by atoms with Crippen molar-refractivity contribution in [2.75, 3.05) is 18.5 Å². The van der Waals surface area contributed by atoms with Crippen LogP contribution >= 0.6 is 0 Å². The number of carbonyl (C=O) groups excluding carboxylic acids is 1. The Morgan fingerprint density at radius 2 is 2.05 bits per heavy atom. The molecule has 7 heteroatoms. The molecule has 0 spiro atoms. The van der Waals surface area contributed by atoms with Gasteiger partial charge in [0.2, 0.25) is 0 Å². The van der Waals surface area contributed by atoms with Gasteiger partial charge in [0.1, 0.15) is 0 Å². The molecule has 0 radical (unpaired) electrons. The van der Waals surface area contributed by atoms with Crippen molar-refractivity contribution in [2.45, 2.75) is 26.2 Å². The maximum atomic E-state index is 11.7. The third-order valence-corrected chi connectivity index (χ3v) is 3.32. The minimum Gasteiger partial charge on any atom is -0.352 e. The van der Waals surface area contributed by atoms with Gasteiger partial charge >= 0.3 is 0 Å². The van der Waals surface area contributed by atoms with Crippen LogP contribution in [0.3, 0.4) is 0 Å². The lowest BCUT2D eigenvalue weighted by Gasteiger charge is -2.28. The summed E-state index contributed by atoms with van der Waals surface area (Å²) in [4.78, 5) is 23.9. The number of benzene rings is 1. The van der Waals surface area contributed by atoms with E-state index in [0.29, 0.717) is 11.5 Å². The minimum atomic E-state index is -0.467. The molecule has 0 aliphatic carbocycles. The molecule has 0 atom stereocenters. The zero-order valence-corrected chi connectivity index (χ0v) is 11.9. The van der Waals surface area contributed by atoms with Crippen LogP contribution in [0.1, 0.15) is 26.2 Å². The molecule has 1 fully saturated rings. The highest BCUT2D eigenvalue weighted by Gasteiger charge is 2.18. The Labute approximate surface area is 122 Å². The second kappa shape index (κ2) is 6.83. The Kier molecular flexibility index (Phi) is 4.86. The second-order valence-corrected chi connectivity index (χ2v) is 4.96. The van der Waals surface area contributed by atoms with Crippen LogP contribution < -0.4 is 5.43 Å². The molecule has 1 N–H and O–H groups in total. The van der Waals surface area contributed by atoms with E-state index in [4.69, 9.17) is 0 Å². The number of nitro groups is 1.